The van der Waals surface area contributed by atoms with Gasteiger partial charge in [0.25, 0.3) is 0 Å². The largest absolute Gasteiger partial charge is 0.274 e. The average Bonchev–Trinajstić information content (AvgIpc) is 3.45. The third-order valence-corrected chi connectivity index (χ3v) is 7.39. The van der Waals surface area contributed by atoms with Crippen LogP contribution in [0.3, 0.4) is 0 Å². The molecule has 4 atom stereocenters. The van der Waals surface area contributed by atoms with Crippen LogP contribution >= 0.6 is 15.9 Å². The zero-order valence-corrected chi connectivity index (χ0v) is 18.8. The highest BCUT2D eigenvalue weighted by molar-refractivity contribution is 9.10. The van der Waals surface area contributed by atoms with Gasteiger partial charge in [-0.05, 0) is 40.5 Å². The monoisotopic (exact) mass is 481 g/mol. The van der Waals surface area contributed by atoms with Crippen molar-refractivity contribution in [2.45, 2.75) is 0 Å². The van der Waals surface area contributed by atoms with E-state index in [-0.39, 0.29) is 35.5 Å². The van der Waals surface area contributed by atoms with Crippen LogP contribution < -0.4 is 4.90 Å². The van der Waals surface area contributed by atoms with Crippen LogP contribution in [0.2, 0.25) is 0 Å². The number of hydrogen-bond acceptors (Lipinski definition) is 2. The second-order valence-electron chi connectivity index (χ2n) is 8.54. The van der Waals surface area contributed by atoms with E-state index in [0.717, 1.165) is 21.2 Å². The molecule has 0 aromatic heterocycles. The van der Waals surface area contributed by atoms with Crippen molar-refractivity contribution in [3.05, 3.63) is 118 Å². The number of fused-ring (bicyclic) bond motifs is 5. The Bertz CT molecular complexity index is 1220. The number of benzene rings is 3. The summed E-state index contributed by atoms with van der Waals surface area (Å²) in [5.41, 5.74) is 5.23. The van der Waals surface area contributed by atoms with Gasteiger partial charge in [-0.1, -0.05) is 94.8 Å². The summed E-state index contributed by atoms with van der Waals surface area (Å²) in [6, 6.07) is 28.0. The summed E-state index contributed by atoms with van der Waals surface area (Å²) in [5, 5.41) is 0. The summed E-state index contributed by atoms with van der Waals surface area (Å²) in [5.74, 6) is -0.980. The van der Waals surface area contributed by atoms with Crippen LogP contribution in [0.1, 0.15) is 11.1 Å². The molecule has 2 amide bonds. The average molecular weight is 482 g/mol. The Balaban J connectivity index is 1.49. The highest BCUT2D eigenvalue weighted by Crippen LogP contribution is 2.58. The quantitative estimate of drug-likeness (QED) is 0.346. The maximum absolute atomic E-state index is 13.6. The fraction of sp³-hybridized carbons (Fsp3) is 0.143. The van der Waals surface area contributed by atoms with Gasteiger partial charge in [-0.25, -0.2) is 4.90 Å². The molecule has 0 spiro atoms. The lowest BCUT2D eigenvalue weighted by Gasteiger charge is -2.21. The van der Waals surface area contributed by atoms with Crippen molar-refractivity contribution in [3.63, 3.8) is 0 Å². The van der Waals surface area contributed by atoms with Crippen molar-refractivity contribution in [1.29, 1.82) is 0 Å². The SMILES string of the molecule is O=C1[C@@H]2[C@H](C(=O)N1c1cccc(Br)c1)[C@H]1C=C[C@H]2C1=C(c1ccccc1)c1ccccc1. The predicted octanol–water partition coefficient (Wildman–Crippen LogP) is 5.87. The van der Waals surface area contributed by atoms with Crippen LogP contribution in [0.25, 0.3) is 5.57 Å². The van der Waals surface area contributed by atoms with Gasteiger partial charge in [0.05, 0.1) is 17.5 Å². The number of nitrogens with zero attached hydrogens (tertiary/aromatic N) is 1. The van der Waals surface area contributed by atoms with Gasteiger partial charge in [0, 0.05) is 16.3 Å². The summed E-state index contributed by atoms with van der Waals surface area (Å²) in [6.45, 7) is 0. The molecule has 156 valence electrons. The molecule has 1 aliphatic heterocycles. The lowest BCUT2D eigenvalue weighted by atomic mass is 9.85. The molecule has 3 nitrogen and oxygen atoms in total. The first-order valence-electron chi connectivity index (χ1n) is 10.8. The van der Waals surface area contributed by atoms with Gasteiger partial charge in [-0.15, -0.1) is 0 Å². The number of hydrogen-bond donors (Lipinski definition) is 0. The van der Waals surface area contributed by atoms with Crippen molar-refractivity contribution < 1.29 is 9.59 Å². The number of imide groups is 1. The van der Waals surface area contributed by atoms with E-state index in [1.54, 1.807) is 0 Å². The Morgan fingerprint density at radius 1 is 0.688 bits per heavy atom. The molecule has 4 heteroatoms. The van der Waals surface area contributed by atoms with E-state index in [9.17, 15) is 9.59 Å². The topological polar surface area (TPSA) is 37.4 Å². The van der Waals surface area contributed by atoms with Crippen molar-refractivity contribution in [1.82, 2.24) is 0 Å². The van der Waals surface area contributed by atoms with E-state index >= 15 is 0 Å². The predicted molar refractivity (Wildman–Crippen MR) is 129 cm³/mol. The molecule has 0 radical (unpaired) electrons. The third kappa shape index (κ3) is 2.79. The van der Waals surface area contributed by atoms with Crippen LogP contribution in [0.5, 0.6) is 0 Å². The molecular weight excluding hydrogens is 462 g/mol. The van der Waals surface area contributed by atoms with Gasteiger partial charge in [-0.3, -0.25) is 9.59 Å². The summed E-state index contributed by atoms with van der Waals surface area (Å²) < 4.78 is 0.852. The first-order valence-corrected chi connectivity index (χ1v) is 11.6. The van der Waals surface area contributed by atoms with Crippen LogP contribution in [0.4, 0.5) is 5.69 Å². The lowest BCUT2D eigenvalue weighted by Crippen LogP contribution is -2.33. The number of anilines is 1. The maximum Gasteiger partial charge on any atom is 0.238 e. The molecule has 3 aromatic carbocycles. The van der Waals surface area contributed by atoms with Crippen molar-refractivity contribution >= 4 is 39.0 Å². The number of allylic oxidation sites excluding steroid dienone is 3. The van der Waals surface area contributed by atoms with Gasteiger partial charge >= 0.3 is 0 Å². The minimum absolute atomic E-state index is 0.0611. The van der Waals surface area contributed by atoms with E-state index in [1.807, 2.05) is 60.7 Å². The smallest absolute Gasteiger partial charge is 0.238 e. The molecule has 1 saturated heterocycles. The molecular formula is C28H20BrNO2. The number of amides is 2. The zero-order valence-electron chi connectivity index (χ0n) is 17.2. The molecule has 6 rings (SSSR count). The highest BCUT2D eigenvalue weighted by Gasteiger charge is 2.62. The molecule has 0 unspecified atom stereocenters. The first-order chi connectivity index (χ1) is 15.6. The van der Waals surface area contributed by atoms with Crippen LogP contribution in [0, 0.1) is 23.7 Å². The van der Waals surface area contributed by atoms with Crippen LogP contribution in [0.15, 0.2) is 107 Å². The van der Waals surface area contributed by atoms with Gasteiger partial charge < -0.3 is 0 Å². The maximum atomic E-state index is 13.6. The standard InChI is InChI=1S/C28H20BrNO2/c29-19-12-7-13-20(16-19)30-27(31)25-21-14-15-22(26(25)28(30)32)24(21)23(17-8-3-1-4-9-17)18-10-5-2-6-11-18/h1-16,21-22,25-26H/t21-,22-,25-,26+/m0/s1. The van der Waals surface area contributed by atoms with Crippen molar-refractivity contribution in [3.8, 4) is 0 Å². The minimum Gasteiger partial charge on any atom is -0.274 e. The number of carbonyl (C=O) groups is 2. The third-order valence-electron chi connectivity index (χ3n) is 6.90. The van der Waals surface area contributed by atoms with E-state index < -0.39 is 0 Å². The number of carbonyl (C=O) groups excluding carboxylic acids is 2. The summed E-state index contributed by atoms with van der Waals surface area (Å²) >= 11 is 3.46. The second kappa shape index (κ2) is 7.42. The molecule has 1 saturated carbocycles. The van der Waals surface area contributed by atoms with E-state index in [2.05, 4.69) is 52.3 Å². The van der Waals surface area contributed by atoms with E-state index in [4.69, 9.17) is 0 Å². The first kappa shape index (κ1) is 19.4. The molecule has 2 aliphatic carbocycles. The van der Waals surface area contributed by atoms with E-state index in [0.29, 0.717) is 5.69 Å². The normalized spacial score (nSPS) is 25.5. The Labute approximate surface area is 195 Å². The van der Waals surface area contributed by atoms with E-state index in [1.165, 1.54) is 10.5 Å². The fourth-order valence-electron chi connectivity index (χ4n) is 5.68. The zero-order chi connectivity index (χ0) is 21.8. The molecule has 1 heterocycles. The molecule has 32 heavy (non-hydrogen) atoms. The number of rotatable bonds is 3. The summed E-state index contributed by atoms with van der Waals surface area (Å²) in [6.07, 6.45) is 4.28. The minimum atomic E-state index is -0.339. The van der Waals surface area contributed by atoms with Gasteiger partial charge in [0.1, 0.15) is 0 Å². The van der Waals surface area contributed by atoms with Gasteiger partial charge in [0.2, 0.25) is 11.8 Å². The summed E-state index contributed by atoms with van der Waals surface area (Å²) in [4.78, 5) is 28.5. The second-order valence-corrected chi connectivity index (χ2v) is 9.46. The van der Waals surface area contributed by atoms with Crippen molar-refractivity contribution in [2.75, 3.05) is 4.90 Å². The Morgan fingerprint density at radius 2 is 1.22 bits per heavy atom. The highest BCUT2D eigenvalue weighted by atomic mass is 79.9. The molecule has 3 aromatic rings. The van der Waals surface area contributed by atoms with Gasteiger partial charge in [-0.2, -0.15) is 0 Å². The Kier molecular flexibility index (Phi) is 4.51. The van der Waals surface area contributed by atoms with Crippen molar-refractivity contribution in [2.24, 2.45) is 23.7 Å². The number of halogens is 1. The lowest BCUT2D eigenvalue weighted by molar-refractivity contribution is -0.122. The Morgan fingerprint density at radius 3 is 1.72 bits per heavy atom. The molecule has 0 N–H and O–H groups in total. The van der Waals surface area contributed by atoms with Crippen LogP contribution in [-0.2, 0) is 9.59 Å². The molecule has 3 aliphatic rings. The molecule has 2 fully saturated rings. The molecule has 2 bridgehead atoms. The van der Waals surface area contributed by atoms with Gasteiger partial charge in [0.15, 0.2) is 0 Å². The fourth-order valence-corrected chi connectivity index (χ4v) is 6.06. The summed E-state index contributed by atoms with van der Waals surface area (Å²) in [7, 11) is 0. The van der Waals surface area contributed by atoms with Crippen LogP contribution in [-0.4, -0.2) is 11.8 Å². The Hall–Kier alpha value is -3.24.